The minimum atomic E-state index is -0.886. The summed E-state index contributed by atoms with van der Waals surface area (Å²) in [4.78, 5) is 14.9. The highest BCUT2D eigenvalue weighted by Crippen LogP contribution is 2.25. The first-order valence-corrected chi connectivity index (χ1v) is 8.34. The Balaban J connectivity index is 1.74. The van der Waals surface area contributed by atoms with E-state index in [0.717, 1.165) is 22.0 Å². The smallest absolute Gasteiger partial charge is 0.321 e. The summed E-state index contributed by atoms with van der Waals surface area (Å²) in [5, 5.41) is 13.8. The van der Waals surface area contributed by atoms with Crippen LogP contribution in [0.4, 0.5) is 0 Å². The summed E-state index contributed by atoms with van der Waals surface area (Å²) in [6.45, 7) is 0.381. The summed E-state index contributed by atoms with van der Waals surface area (Å²) in [6, 6.07) is 12.6. The van der Waals surface area contributed by atoms with Gasteiger partial charge >= 0.3 is 5.97 Å². The summed E-state index contributed by atoms with van der Waals surface area (Å²) >= 11 is 0. The van der Waals surface area contributed by atoms with Crippen molar-refractivity contribution in [3.8, 4) is 11.5 Å². The van der Waals surface area contributed by atoms with Crippen molar-refractivity contribution in [2.24, 2.45) is 0 Å². The van der Waals surface area contributed by atoms with Crippen molar-refractivity contribution in [1.82, 2.24) is 10.3 Å². The maximum absolute atomic E-state index is 11.7. The number of H-pyrrole nitrogens is 1. The first kappa shape index (κ1) is 17.8. The van der Waals surface area contributed by atoms with Gasteiger partial charge < -0.3 is 19.6 Å². The molecule has 3 rings (SSSR count). The van der Waals surface area contributed by atoms with Crippen LogP contribution < -0.4 is 14.8 Å². The van der Waals surface area contributed by atoms with E-state index in [1.165, 1.54) is 0 Å². The zero-order valence-corrected chi connectivity index (χ0v) is 14.8. The molecule has 6 nitrogen and oxygen atoms in total. The number of carboxylic acid groups (broad SMARTS) is 1. The second kappa shape index (κ2) is 7.93. The summed E-state index contributed by atoms with van der Waals surface area (Å²) < 4.78 is 10.6. The van der Waals surface area contributed by atoms with E-state index in [2.05, 4.69) is 10.3 Å². The third-order valence-electron chi connectivity index (χ3n) is 4.43. The average molecular weight is 354 g/mol. The number of fused-ring (bicyclic) bond motifs is 1. The second-order valence-corrected chi connectivity index (χ2v) is 6.01. The quantitative estimate of drug-likeness (QED) is 0.579. The van der Waals surface area contributed by atoms with Crippen molar-refractivity contribution in [2.75, 3.05) is 14.2 Å². The molecule has 0 saturated carbocycles. The van der Waals surface area contributed by atoms with Crippen LogP contribution in [-0.2, 0) is 17.8 Å². The average Bonchev–Trinajstić information content (AvgIpc) is 3.07. The number of carboxylic acids is 1. The maximum atomic E-state index is 11.7. The standard InChI is InChI=1S/C20H22N2O4/c1-25-15-8-7-13(19(10-15)26-2)11-22-18(20(23)24)9-14-12-21-17-6-4-3-5-16(14)17/h3-8,10,12,18,21-22H,9,11H2,1-2H3,(H,23,24)/t18-/m0/s1. The fourth-order valence-corrected chi connectivity index (χ4v) is 3.00. The molecule has 0 radical (unpaired) electrons. The van der Waals surface area contributed by atoms with Crippen molar-refractivity contribution >= 4 is 16.9 Å². The van der Waals surface area contributed by atoms with Gasteiger partial charge in [0.25, 0.3) is 0 Å². The predicted molar refractivity (Wildman–Crippen MR) is 99.8 cm³/mol. The van der Waals surface area contributed by atoms with Gasteiger partial charge in [0.2, 0.25) is 0 Å². The number of hydrogen-bond donors (Lipinski definition) is 3. The van der Waals surface area contributed by atoms with Gasteiger partial charge in [-0.05, 0) is 17.7 Å². The van der Waals surface area contributed by atoms with Gasteiger partial charge in [-0.1, -0.05) is 24.3 Å². The molecule has 136 valence electrons. The number of ether oxygens (including phenoxy) is 2. The SMILES string of the molecule is COc1ccc(CN[C@@H](Cc2c[nH]c3ccccc23)C(=O)O)c(OC)c1. The number of aromatic nitrogens is 1. The number of methoxy groups -OCH3 is 2. The number of rotatable bonds is 8. The number of para-hydroxylation sites is 1. The molecule has 0 unspecified atom stereocenters. The molecule has 0 aliphatic carbocycles. The van der Waals surface area contributed by atoms with Crippen molar-refractivity contribution in [2.45, 2.75) is 19.0 Å². The molecule has 0 amide bonds. The van der Waals surface area contributed by atoms with E-state index in [-0.39, 0.29) is 0 Å². The molecule has 2 aromatic carbocycles. The fourth-order valence-electron chi connectivity index (χ4n) is 3.00. The summed E-state index contributed by atoms with van der Waals surface area (Å²) in [6.07, 6.45) is 2.26. The largest absolute Gasteiger partial charge is 0.497 e. The molecular weight excluding hydrogens is 332 g/mol. The third kappa shape index (κ3) is 3.81. The second-order valence-electron chi connectivity index (χ2n) is 6.01. The lowest BCUT2D eigenvalue weighted by molar-refractivity contribution is -0.139. The number of nitrogens with one attached hydrogen (secondary N) is 2. The number of carbonyl (C=O) groups is 1. The van der Waals surface area contributed by atoms with E-state index < -0.39 is 12.0 Å². The molecule has 3 N–H and O–H groups in total. The van der Waals surface area contributed by atoms with Gasteiger partial charge in [-0.15, -0.1) is 0 Å². The maximum Gasteiger partial charge on any atom is 0.321 e. The molecule has 0 bridgehead atoms. The normalized spacial score (nSPS) is 12.1. The van der Waals surface area contributed by atoms with Crippen LogP contribution in [0.15, 0.2) is 48.7 Å². The van der Waals surface area contributed by atoms with Gasteiger partial charge in [0.1, 0.15) is 17.5 Å². The highest BCUT2D eigenvalue weighted by atomic mass is 16.5. The number of aliphatic carboxylic acids is 1. The fraction of sp³-hybridized carbons (Fsp3) is 0.250. The lowest BCUT2D eigenvalue weighted by Gasteiger charge is -2.16. The molecule has 26 heavy (non-hydrogen) atoms. The predicted octanol–water partition coefficient (Wildman–Crippen LogP) is 2.97. The number of aromatic amines is 1. The highest BCUT2D eigenvalue weighted by molar-refractivity contribution is 5.84. The Morgan fingerprint density at radius 2 is 1.96 bits per heavy atom. The van der Waals surface area contributed by atoms with Crippen LogP contribution in [-0.4, -0.2) is 36.3 Å². The van der Waals surface area contributed by atoms with Crippen LogP contribution in [0.25, 0.3) is 10.9 Å². The first-order chi connectivity index (χ1) is 12.6. The van der Waals surface area contributed by atoms with E-state index in [1.807, 2.05) is 42.6 Å². The first-order valence-electron chi connectivity index (χ1n) is 8.34. The van der Waals surface area contributed by atoms with Crippen LogP contribution >= 0.6 is 0 Å². The van der Waals surface area contributed by atoms with Gasteiger partial charge in [-0.2, -0.15) is 0 Å². The van der Waals surface area contributed by atoms with Crippen LogP contribution in [0.2, 0.25) is 0 Å². The molecule has 0 fully saturated rings. The van der Waals surface area contributed by atoms with Crippen molar-refractivity contribution < 1.29 is 19.4 Å². The minimum absolute atomic E-state index is 0.381. The lowest BCUT2D eigenvalue weighted by Crippen LogP contribution is -2.38. The zero-order valence-electron chi connectivity index (χ0n) is 14.8. The van der Waals surface area contributed by atoms with Crippen molar-refractivity contribution in [3.63, 3.8) is 0 Å². The summed E-state index contributed by atoms with van der Waals surface area (Å²) in [7, 11) is 3.17. The Hall–Kier alpha value is -2.99. The Morgan fingerprint density at radius 1 is 1.15 bits per heavy atom. The van der Waals surface area contributed by atoms with Gasteiger partial charge in [0, 0.05) is 41.7 Å². The van der Waals surface area contributed by atoms with Crippen LogP contribution in [0.3, 0.4) is 0 Å². The number of hydrogen-bond acceptors (Lipinski definition) is 4. The Morgan fingerprint density at radius 3 is 2.69 bits per heavy atom. The van der Waals surface area contributed by atoms with Crippen LogP contribution in [0.1, 0.15) is 11.1 Å². The molecule has 0 spiro atoms. The van der Waals surface area contributed by atoms with E-state index in [1.54, 1.807) is 20.3 Å². The molecule has 0 saturated heterocycles. The molecule has 1 aromatic heterocycles. The monoisotopic (exact) mass is 354 g/mol. The van der Waals surface area contributed by atoms with Crippen molar-refractivity contribution in [1.29, 1.82) is 0 Å². The molecule has 3 aromatic rings. The zero-order chi connectivity index (χ0) is 18.5. The van der Waals surface area contributed by atoms with E-state index >= 15 is 0 Å². The molecular formula is C20H22N2O4. The lowest BCUT2D eigenvalue weighted by atomic mass is 10.0. The van der Waals surface area contributed by atoms with Gasteiger partial charge in [0.05, 0.1) is 14.2 Å². The molecule has 0 aliphatic heterocycles. The Bertz CT molecular complexity index is 904. The van der Waals surface area contributed by atoms with E-state index in [4.69, 9.17) is 9.47 Å². The molecule has 6 heteroatoms. The number of benzene rings is 2. The highest BCUT2D eigenvalue weighted by Gasteiger charge is 2.20. The molecule has 1 atom stereocenters. The van der Waals surface area contributed by atoms with Gasteiger partial charge in [-0.25, -0.2) is 0 Å². The molecule has 1 heterocycles. The van der Waals surface area contributed by atoms with Gasteiger partial charge in [0.15, 0.2) is 0 Å². The van der Waals surface area contributed by atoms with E-state index in [0.29, 0.717) is 24.5 Å². The van der Waals surface area contributed by atoms with Crippen LogP contribution in [0.5, 0.6) is 11.5 Å². The van der Waals surface area contributed by atoms with Crippen LogP contribution in [0, 0.1) is 0 Å². The summed E-state index contributed by atoms with van der Waals surface area (Å²) in [5.74, 6) is 0.468. The summed E-state index contributed by atoms with van der Waals surface area (Å²) in [5.41, 5.74) is 2.85. The Kier molecular flexibility index (Phi) is 5.43. The minimum Gasteiger partial charge on any atom is -0.497 e. The third-order valence-corrected chi connectivity index (χ3v) is 4.43. The van der Waals surface area contributed by atoms with Crippen molar-refractivity contribution in [3.05, 3.63) is 59.8 Å². The van der Waals surface area contributed by atoms with Gasteiger partial charge in [-0.3, -0.25) is 10.1 Å². The topological polar surface area (TPSA) is 83.6 Å². The molecule has 0 aliphatic rings. The van der Waals surface area contributed by atoms with E-state index in [9.17, 15) is 9.90 Å². The Labute approximate surface area is 151 Å².